The van der Waals surface area contributed by atoms with E-state index >= 15 is 0 Å². The van der Waals surface area contributed by atoms with Gasteiger partial charge in [-0.1, -0.05) is 42.5 Å². The maximum Gasteiger partial charge on any atom is 0.258 e. The lowest BCUT2D eigenvalue weighted by Crippen LogP contribution is -2.32. The summed E-state index contributed by atoms with van der Waals surface area (Å²) in [5.41, 5.74) is 2.10. The monoisotopic (exact) mass is 319 g/mol. The summed E-state index contributed by atoms with van der Waals surface area (Å²) in [5.74, 6) is 0.763. The van der Waals surface area contributed by atoms with Crippen molar-refractivity contribution < 1.29 is 0 Å². The molecule has 0 amide bonds. The number of hydrogen-bond acceptors (Lipinski definition) is 3. The quantitative estimate of drug-likeness (QED) is 0.804. The van der Waals surface area contributed by atoms with Gasteiger partial charge in [-0.25, -0.2) is 4.98 Å². The predicted octanol–water partition coefficient (Wildman–Crippen LogP) is 3.13. The summed E-state index contributed by atoms with van der Waals surface area (Å²) in [5, 5.41) is 0.656. The summed E-state index contributed by atoms with van der Waals surface area (Å²) in [4.78, 5) is 22.3. The molecule has 1 aliphatic rings. The fourth-order valence-corrected chi connectivity index (χ4v) is 3.62. The highest BCUT2D eigenvalue weighted by atomic mass is 16.1. The zero-order chi connectivity index (χ0) is 16.4. The number of aromatic amines is 1. The smallest absolute Gasteiger partial charge is 0.258 e. The topological polar surface area (TPSA) is 49.0 Å². The first-order chi connectivity index (χ1) is 11.8. The van der Waals surface area contributed by atoms with Crippen molar-refractivity contribution in [2.45, 2.75) is 31.8 Å². The van der Waals surface area contributed by atoms with Crippen molar-refractivity contribution in [3.8, 4) is 0 Å². The van der Waals surface area contributed by atoms with Crippen molar-refractivity contribution in [1.82, 2.24) is 14.9 Å². The molecule has 1 aliphatic heterocycles. The van der Waals surface area contributed by atoms with Crippen molar-refractivity contribution >= 4 is 10.9 Å². The molecule has 0 saturated carbocycles. The lowest BCUT2D eigenvalue weighted by atomic mass is 10.0. The number of nitrogens with one attached hydrogen (secondary N) is 1. The van der Waals surface area contributed by atoms with E-state index < -0.39 is 0 Å². The SMILES string of the molecule is O=c1[nH]c(CN2CCC[C@@H]2Cc2ccccc2)nc2ccccc12. The van der Waals surface area contributed by atoms with Crippen LogP contribution < -0.4 is 5.56 Å². The van der Waals surface area contributed by atoms with Crippen molar-refractivity contribution in [3.05, 3.63) is 76.3 Å². The molecule has 4 rings (SSSR count). The van der Waals surface area contributed by atoms with Crippen molar-refractivity contribution in [1.29, 1.82) is 0 Å². The molecule has 1 saturated heterocycles. The van der Waals surface area contributed by atoms with E-state index in [1.54, 1.807) is 0 Å². The van der Waals surface area contributed by atoms with Gasteiger partial charge < -0.3 is 4.98 Å². The number of fused-ring (bicyclic) bond motifs is 1. The molecule has 2 heterocycles. The molecule has 0 radical (unpaired) electrons. The van der Waals surface area contributed by atoms with Crippen LogP contribution in [0.25, 0.3) is 10.9 Å². The largest absolute Gasteiger partial charge is 0.309 e. The summed E-state index contributed by atoms with van der Waals surface area (Å²) >= 11 is 0. The summed E-state index contributed by atoms with van der Waals surface area (Å²) < 4.78 is 0. The van der Waals surface area contributed by atoms with Gasteiger partial charge in [0.2, 0.25) is 0 Å². The molecule has 0 bridgehead atoms. The number of aromatic nitrogens is 2. The van der Waals surface area contributed by atoms with Gasteiger partial charge in [-0.05, 0) is 43.5 Å². The van der Waals surface area contributed by atoms with Gasteiger partial charge in [0.05, 0.1) is 17.4 Å². The first-order valence-corrected chi connectivity index (χ1v) is 8.55. The Balaban J connectivity index is 1.55. The van der Waals surface area contributed by atoms with Crippen LogP contribution in [0.5, 0.6) is 0 Å². The first-order valence-electron chi connectivity index (χ1n) is 8.55. The lowest BCUT2D eigenvalue weighted by molar-refractivity contribution is 0.238. The minimum Gasteiger partial charge on any atom is -0.309 e. The van der Waals surface area contributed by atoms with Gasteiger partial charge >= 0.3 is 0 Å². The first kappa shape index (κ1) is 15.1. The van der Waals surface area contributed by atoms with E-state index in [0.717, 1.165) is 24.3 Å². The molecule has 2 aromatic carbocycles. The third-order valence-electron chi connectivity index (χ3n) is 4.83. The van der Waals surface area contributed by atoms with Crippen molar-refractivity contribution in [2.24, 2.45) is 0 Å². The molecule has 4 nitrogen and oxygen atoms in total. The van der Waals surface area contributed by atoms with Gasteiger partial charge in [0.25, 0.3) is 5.56 Å². The van der Waals surface area contributed by atoms with Gasteiger partial charge in [0, 0.05) is 6.04 Å². The van der Waals surface area contributed by atoms with Crippen LogP contribution in [0.1, 0.15) is 24.2 Å². The van der Waals surface area contributed by atoms with E-state index in [9.17, 15) is 4.79 Å². The number of hydrogen-bond donors (Lipinski definition) is 1. The number of rotatable bonds is 4. The Hall–Kier alpha value is -2.46. The fraction of sp³-hybridized carbons (Fsp3) is 0.300. The molecule has 122 valence electrons. The van der Waals surface area contributed by atoms with E-state index in [1.165, 1.54) is 18.4 Å². The molecule has 0 spiro atoms. The molecule has 0 unspecified atom stereocenters. The minimum atomic E-state index is -0.0468. The Labute approximate surface area is 141 Å². The van der Waals surface area contributed by atoms with Gasteiger partial charge in [-0.3, -0.25) is 9.69 Å². The van der Waals surface area contributed by atoms with Crippen molar-refractivity contribution in [3.63, 3.8) is 0 Å². The fourth-order valence-electron chi connectivity index (χ4n) is 3.62. The van der Waals surface area contributed by atoms with Crippen LogP contribution in [0.2, 0.25) is 0 Å². The van der Waals surface area contributed by atoms with E-state index in [0.29, 0.717) is 18.0 Å². The van der Waals surface area contributed by atoms with Crippen LogP contribution >= 0.6 is 0 Å². The summed E-state index contributed by atoms with van der Waals surface area (Å²) in [6.45, 7) is 1.77. The van der Waals surface area contributed by atoms with Gasteiger partial charge in [0.15, 0.2) is 0 Å². The summed E-state index contributed by atoms with van der Waals surface area (Å²) in [7, 11) is 0. The Kier molecular flexibility index (Phi) is 4.13. The molecule has 0 aliphatic carbocycles. The number of nitrogens with zero attached hydrogens (tertiary/aromatic N) is 2. The molecule has 1 aromatic heterocycles. The second kappa shape index (κ2) is 6.57. The molecule has 1 atom stereocenters. The van der Waals surface area contributed by atoms with E-state index in [4.69, 9.17) is 0 Å². The van der Waals surface area contributed by atoms with Gasteiger partial charge in [-0.15, -0.1) is 0 Å². The molecule has 1 N–H and O–H groups in total. The Morgan fingerprint density at radius 3 is 2.75 bits per heavy atom. The highest BCUT2D eigenvalue weighted by molar-refractivity contribution is 5.77. The zero-order valence-corrected chi connectivity index (χ0v) is 13.6. The number of H-pyrrole nitrogens is 1. The van der Waals surface area contributed by atoms with Crippen LogP contribution in [0, 0.1) is 0 Å². The molecular weight excluding hydrogens is 298 g/mol. The Bertz CT molecular complexity index is 888. The Morgan fingerprint density at radius 2 is 1.88 bits per heavy atom. The van der Waals surface area contributed by atoms with Crippen LogP contribution in [0.3, 0.4) is 0 Å². The average Bonchev–Trinajstić information content (AvgIpc) is 3.03. The van der Waals surface area contributed by atoms with Crippen LogP contribution in [0.15, 0.2) is 59.4 Å². The second-order valence-electron chi connectivity index (χ2n) is 6.49. The molecule has 24 heavy (non-hydrogen) atoms. The predicted molar refractivity (Wildman–Crippen MR) is 95.9 cm³/mol. The summed E-state index contributed by atoms with van der Waals surface area (Å²) in [6.07, 6.45) is 3.46. The standard InChI is InChI=1S/C20H21N3O/c24-20-17-10-4-5-11-18(17)21-19(22-20)14-23-12-6-9-16(23)13-15-7-2-1-3-8-15/h1-5,7-8,10-11,16H,6,9,12-14H2,(H,21,22,24)/t16-/m1/s1. The number of likely N-dealkylation sites (tertiary alicyclic amines) is 1. The van der Waals surface area contributed by atoms with Gasteiger partial charge in [-0.2, -0.15) is 0 Å². The average molecular weight is 319 g/mol. The summed E-state index contributed by atoms with van der Waals surface area (Å²) in [6, 6.07) is 18.7. The zero-order valence-electron chi connectivity index (χ0n) is 13.6. The van der Waals surface area contributed by atoms with E-state index in [1.807, 2.05) is 24.3 Å². The lowest BCUT2D eigenvalue weighted by Gasteiger charge is -2.24. The highest BCUT2D eigenvalue weighted by Gasteiger charge is 2.25. The normalized spacial score (nSPS) is 18.2. The maximum atomic E-state index is 12.2. The van der Waals surface area contributed by atoms with E-state index in [-0.39, 0.29) is 5.56 Å². The van der Waals surface area contributed by atoms with Gasteiger partial charge in [0.1, 0.15) is 5.82 Å². The van der Waals surface area contributed by atoms with E-state index in [2.05, 4.69) is 45.2 Å². The Morgan fingerprint density at radius 1 is 1.08 bits per heavy atom. The molecule has 4 heteroatoms. The van der Waals surface area contributed by atoms with Crippen LogP contribution in [-0.2, 0) is 13.0 Å². The third kappa shape index (κ3) is 3.10. The van der Waals surface area contributed by atoms with Crippen LogP contribution in [0.4, 0.5) is 0 Å². The molecule has 3 aromatic rings. The van der Waals surface area contributed by atoms with Crippen LogP contribution in [-0.4, -0.2) is 27.5 Å². The number of para-hydroxylation sites is 1. The maximum absolute atomic E-state index is 12.2. The van der Waals surface area contributed by atoms with Crippen molar-refractivity contribution in [2.75, 3.05) is 6.54 Å². The molecule has 1 fully saturated rings. The minimum absolute atomic E-state index is 0.0468. The highest BCUT2D eigenvalue weighted by Crippen LogP contribution is 2.22. The second-order valence-corrected chi connectivity index (χ2v) is 6.49. The third-order valence-corrected chi connectivity index (χ3v) is 4.83. The molecular formula is C20H21N3O. The number of benzene rings is 2.